The van der Waals surface area contributed by atoms with Crippen molar-refractivity contribution in [2.45, 2.75) is 12.3 Å². The zero-order valence-electron chi connectivity index (χ0n) is 14.7. The summed E-state index contributed by atoms with van der Waals surface area (Å²) in [5.74, 6) is 1.81. The molecule has 0 aromatic heterocycles. The Hall–Kier alpha value is -2.31. The lowest BCUT2D eigenvalue weighted by atomic mass is 10.2. The van der Waals surface area contributed by atoms with Crippen LogP contribution in [0.3, 0.4) is 0 Å². The smallest absolute Gasteiger partial charge is 0.118 e. The lowest BCUT2D eigenvalue weighted by molar-refractivity contribution is 0.414. The number of hydrogen-bond donors (Lipinski definition) is 0. The Bertz CT molecular complexity index is 718. The van der Waals surface area contributed by atoms with E-state index in [2.05, 4.69) is 54.6 Å². The first-order valence-electron chi connectivity index (χ1n) is 8.34. The SMILES string of the molecule is COc1ccc(CP(Cc2ccc(OC)cc2)c2ccccc2)cc1. The van der Waals surface area contributed by atoms with Gasteiger partial charge >= 0.3 is 0 Å². The van der Waals surface area contributed by atoms with E-state index in [1.807, 2.05) is 24.3 Å². The first-order chi connectivity index (χ1) is 12.3. The average molecular weight is 350 g/mol. The van der Waals surface area contributed by atoms with Crippen LogP contribution in [0.5, 0.6) is 11.5 Å². The Morgan fingerprint density at radius 1 is 0.600 bits per heavy atom. The number of benzene rings is 3. The molecule has 3 rings (SSSR count). The van der Waals surface area contributed by atoms with Gasteiger partial charge in [-0.25, -0.2) is 0 Å². The van der Waals surface area contributed by atoms with Gasteiger partial charge in [0.05, 0.1) is 14.2 Å². The van der Waals surface area contributed by atoms with E-state index in [-0.39, 0.29) is 7.92 Å². The van der Waals surface area contributed by atoms with Gasteiger partial charge in [0.15, 0.2) is 0 Å². The molecule has 2 nitrogen and oxygen atoms in total. The Kier molecular flexibility index (Phi) is 6.09. The molecule has 25 heavy (non-hydrogen) atoms. The fourth-order valence-electron chi connectivity index (χ4n) is 2.78. The van der Waals surface area contributed by atoms with Gasteiger partial charge in [0.1, 0.15) is 11.5 Å². The number of hydrogen-bond acceptors (Lipinski definition) is 2. The highest BCUT2D eigenvalue weighted by Gasteiger charge is 2.13. The van der Waals surface area contributed by atoms with Gasteiger partial charge < -0.3 is 9.47 Å². The zero-order chi connectivity index (χ0) is 17.5. The fraction of sp³-hybridized carbons (Fsp3) is 0.182. The largest absolute Gasteiger partial charge is 0.497 e. The van der Waals surface area contributed by atoms with Gasteiger partial charge in [-0.3, -0.25) is 0 Å². The zero-order valence-corrected chi connectivity index (χ0v) is 15.6. The summed E-state index contributed by atoms with van der Waals surface area (Å²) in [4.78, 5) is 0. The van der Waals surface area contributed by atoms with Gasteiger partial charge in [-0.2, -0.15) is 0 Å². The summed E-state index contributed by atoms with van der Waals surface area (Å²) < 4.78 is 10.5. The molecule has 128 valence electrons. The van der Waals surface area contributed by atoms with Crippen LogP contribution >= 0.6 is 7.92 Å². The molecule has 3 aromatic rings. The van der Waals surface area contributed by atoms with Crippen LogP contribution in [0.25, 0.3) is 0 Å². The second-order valence-corrected chi connectivity index (χ2v) is 8.12. The maximum atomic E-state index is 5.27. The van der Waals surface area contributed by atoms with Crippen molar-refractivity contribution >= 4 is 13.2 Å². The van der Waals surface area contributed by atoms with Crippen LogP contribution in [-0.4, -0.2) is 14.2 Å². The summed E-state index contributed by atoms with van der Waals surface area (Å²) in [6.07, 6.45) is 2.13. The maximum Gasteiger partial charge on any atom is 0.118 e. The van der Waals surface area contributed by atoms with Crippen molar-refractivity contribution < 1.29 is 9.47 Å². The molecule has 3 aromatic carbocycles. The van der Waals surface area contributed by atoms with E-state index in [9.17, 15) is 0 Å². The maximum absolute atomic E-state index is 5.27. The number of methoxy groups -OCH3 is 2. The van der Waals surface area contributed by atoms with Gasteiger partial charge in [-0.05, 0) is 53.0 Å². The molecule has 0 unspecified atom stereocenters. The topological polar surface area (TPSA) is 18.5 Å². The highest BCUT2D eigenvalue weighted by atomic mass is 31.1. The summed E-state index contributed by atoms with van der Waals surface area (Å²) in [5, 5.41) is 1.43. The first-order valence-corrected chi connectivity index (χ1v) is 10.1. The van der Waals surface area contributed by atoms with Crippen molar-refractivity contribution in [3.63, 3.8) is 0 Å². The predicted octanol–water partition coefficient (Wildman–Crippen LogP) is 5.21. The molecule has 0 atom stereocenters. The standard InChI is InChI=1S/C22H23O2P/c1-23-20-12-8-18(9-13-20)16-25(22-6-4-3-5-7-22)17-19-10-14-21(24-2)15-11-19/h3-15H,16-17H2,1-2H3. The van der Waals surface area contributed by atoms with Gasteiger partial charge in [0, 0.05) is 0 Å². The molecule has 3 heteroatoms. The average Bonchev–Trinajstić information content (AvgIpc) is 2.69. The van der Waals surface area contributed by atoms with Crippen LogP contribution in [0.4, 0.5) is 0 Å². The van der Waals surface area contributed by atoms with E-state index in [1.54, 1.807) is 14.2 Å². The molecule has 0 spiro atoms. The molecule has 0 radical (unpaired) electrons. The highest BCUT2D eigenvalue weighted by molar-refractivity contribution is 7.64. The van der Waals surface area contributed by atoms with Gasteiger partial charge in [-0.1, -0.05) is 62.5 Å². The Labute approximate surface area is 151 Å². The van der Waals surface area contributed by atoms with Gasteiger partial charge in [0.2, 0.25) is 0 Å². The molecule has 0 amide bonds. The van der Waals surface area contributed by atoms with E-state index in [0.29, 0.717) is 0 Å². The van der Waals surface area contributed by atoms with E-state index in [0.717, 1.165) is 23.8 Å². The molecule has 0 N–H and O–H groups in total. The predicted molar refractivity (Wildman–Crippen MR) is 106 cm³/mol. The van der Waals surface area contributed by atoms with Crippen molar-refractivity contribution in [2.24, 2.45) is 0 Å². The van der Waals surface area contributed by atoms with E-state index < -0.39 is 0 Å². The van der Waals surface area contributed by atoms with Crippen LogP contribution in [0, 0.1) is 0 Å². The number of rotatable bonds is 7. The lowest BCUT2D eigenvalue weighted by Gasteiger charge is -2.19. The Balaban J connectivity index is 1.81. The van der Waals surface area contributed by atoms with Crippen molar-refractivity contribution in [1.82, 2.24) is 0 Å². The lowest BCUT2D eigenvalue weighted by Crippen LogP contribution is -2.04. The molecule has 0 saturated carbocycles. The minimum Gasteiger partial charge on any atom is -0.497 e. The highest BCUT2D eigenvalue weighted by Crippen LogP contribution is 2.42. The van der Waals surface area contributed by atoms with Crippen LogP contribution in [0.2, 0.25) is 0 Å². The molecule has 0 saturated heterocycles. The van der Waals surface area contributed by atoms with E-state index in [4.69, 9.17) is 9.47 Å². The number of ether oxygens (including phenoxy) is 2. The van der Waals surface area contributed by atoms with E-state index in [1.165, 1.54) is 16.4 Å². The normalized spacial score (nSPS) is 10.7. The van der Waals surface area contributed by atoms with Crippen molar-refractivity contribution in [3.8, 4) is 11.5 Å². The van der Waals surface area contributed by atoms with Crippen LogP contribution < -0.4 is 14.8 Å². The van der Waals surface area contributed by atoms with Crippen LogP contribution in [0.1, 0.15) is 11.1 Å². The summed E-state index contributed by atoms with van der Waals surface area (Å²) in [5.41, 5.74) is 2.70. The summed E-state index contributed by atoms with van der Waals surface area (Å²) >= 11 is 0. The van der Waals surface area contributed by atoms with Gasteiger partial charge in [0.25, 0.3) is 0 Å². The summed E-state index contributed by atoms with van der Waals surface area (Å²) in [7, 11) is 3.09. The van der Waals surface area contributed by atoms with Crippen molar-refractivity contribution in [3.05, 3.63) is 90.0 Å². The molecule has 0 aliphatic heterocycles. The second-order valence-electron chi connectivity index (χ2n) is 5.89. The van der Waals surface area contributed by atoms with Gasteiger partial charge in [-0.15, -0.1) is 0 Å². The fourth-order valence-corrected chi connectivity index (χ4v) is 5.15. The summed E-state index contributed by atoms with van der Waals surface area (Å²) in [6.45, 7) is 0. The monoisotopic (exact) mass is 350 g/mol. The quantitative estimate of drug-likeness (QED) is 0.545. The Morgan fingerprint density at radius 3 is 1.44 bits per heavy atom. The minimum absolute atomic E-state index is 0.318. The second kappa shape index (κ2) is 8.69. The van der Waals surface area contributed by atoms with Crippen LogP contribution in [-0.2, 0) is 12.3 Å². The third-order valence-electron chi connectivity index (χ3n) is 4.19. The third kappa shape index (κ3) is 4.84. The van der Waals surface area contributed by atoms with Crippen molar-refractivity contribution in [1.29, 1.82) is 0 Å². The van der Waals surface area contributed by atoms with E-state index >= 15 is 0 Å². The summed E-state index contributed by atoms with van der Waals surface area (Å²) in [6, 6.07) is 27.7. The molecule has 0 aliphatic carbocycles. The first kappa shape index (κ1) is 17.5. The third-order valence-corrected chi connectivity index (χ3v) is 6.71. The molecule has 0 aliphatic rings. The molecular formula is C22H23O2P. The molecular weight excluding hydrogens is 327 g/mol. The van der Waals surface area contributed by atoms with Crippen molar-refractivity contribution in [2.75, 3.05) is 14.2 Å². The minimum atomic E-state index is -0.318. The Morgan fingerprint density at radius 2 is 1.04 bits per heavy atom. The molecule has 0 heterocycles. The van der Waals surface area contributed by atoms with Crippen LogP contribution in [0.15, 0.2) is 78.9 Å². The molecule has 0 bridgehead atoms. The molecule has 0 fully saturated rings.